The Balaban J connectivity index is 3.18. The van der Waals surface area contributed by atoms with Crippen LogP contribution in [0.5, 0.6) is 0 Å². The van der Waals surface area contributed by atoms with E-state index < -0.39 is 11.7 Å². The maximum absolute atomic E-state index is 10.4. The zero-order valence-electron chi connectivity index (χ0n) is 16.3. The molecule has 0 aliphatic carbocycles. The number of aliphatic hydroxyl groups excluding tert-OH is 1. The quantitative estimate of drug-likeness (QED) is 0.117. The molecule has 0 aliphatic heterocycles. The lowest BCUT2D eigenvalue weighted by Crippen LogP contribution is -1.97. The van der Waals surface area contributed by atoms with E-state index in [4.69, 9.17) is 10.2 Å². The Bertz CT molecular complexity index is 358. The zero-order valence-corrected chi connectivity index (χ0v) is 16.3. The van der Waals surface area contributed by atoms with E-state index in [0.717, 1.165) is 12.8 Å². The van der Waals surface area contributed by atoms with Crippen LogP contribution in [0.25, 0.3) is 0 Å². The molecular formula is C22H40O3. The number of rotatable bonds is 18. The van der Waals surface area contributed by atoms with Gasteiger partial charge in [0.25, 0.3) is 0 Å². The van der Waals surface area contributed by atoms with Crippen LogP contribution in [-0.4, -0.2) is 16.2 Å². The lowest BCUT2D eigenvalue weighted by atomic mass is 10.0. The van der Waals surface area contributed by atoms with Crippen LogP contribution in [-0.2, 0) is 4.79 Å². The van der Waals surface area contributed by atoms with Crippen LogP contribution in [0.15, 0.2) is 24.0 Å². The highest BCUT2D eigenvalue weighted by Crippen LogP contribution is 2.13. The standard InChI is InChI=1S/C22H40O3/c1-2-3-4-5-6-7-8-9-10-11-12-13-14-15-16-17-18-19-20-21(23)22(24)25/h18-20,23H,2-17H2,1H3,(H,24,25)/b19-18+,21-20-. The Kier molecular flexibility index (Phi) is 18.1. The number of hydrogen-bond donors (Lipinski definition) is 2. The lowest BCUT2D eigenvalue weighted by molar-refractivity contribution is -0.135. The molecule has 0 radical (unpaired) electrons. The smallest absolute Gasteiger partial charge is 0.370 e. The molecule has 0 atom stereocenters. The summed E-state index contributed by atoms with van der Waals surface area (Å²) in [6, 6.07) is 0. The first kappa shape index (κ1) is 23.8. The van der Waals surface area contributed by atoms with Gasteiger partial charge in [0, 0.05) is 0 Å². The third-order valence-corrected chi connectivity index (χ3v) is 4.58. The average molecular weight is 353 g/mol. The van der Waals surface area contributed by atoms with Gasteiger partial charge in [0.1, 0.15) is 0 Å². The van der Waals surface area contributed by atoms with Gasteiger partial charge < -0.3 is 10.2 Å². The van der Waals surface area contributed by atoms with E-state index in [0.29, 0.717) is 0 Å². The molecule has 0 aromatic heterocycles. The van der Waals surface area contributed by atoms with Crippen LogP contribution in [0, 0.1) is 0 Å². The van der Waals surface area contributed by atoms with Gasteiger partial charge in [-0.15, -0.1) is 0 Å². The lowest BCUT2D eigenvalue weighted by Gasteiger charge is -2.03. The summed E-state index contributed by atoms with van der Waals surface area (Å²) in [5.41, 5.74) is 0. The molecule has 2 N–H and O–H groups in total. The third-order valence-electron chi connectivity index (χ3n) is 4.58. The highest BCUT2D eigenvalue weighted by molar-refractivity contribution is 5.83. The van der Waals surface area contributed by atoms with E-state index in [9.17, 15) is 4.79 Å². The molecule has 0 saturated heterocycles. The molecule has 0 fully saturated rings. The predicted molar refractivity (Wildman–Crippen MR) is 107 cm³/mol. The van der Waals surface area contributed by atoms with Crippen molar-refractivity contribution in [2.75, 3.05) is 0 Å². The Morgan fingerprint density at radius 1 is 0.680 bits per heavy atom. The summed E-state index contributed by atoms with van der Waals surface area (Å²) < 4.78 is 0. The second-order valence-electron chi connectivity index (χ2n) is 7.02. The number of allylic oxidation sites excluding steroid dienone is 3. The summed E-state index contributed by atoms with van der Waals surface area (Å²) in [6.07, 6.45) is 26.1. The van der Waals surface area contributed by atoms with Gasteiger partial charge in [-0.1, -0.05) is 109 Å². The minimum Gasteiger partial charge on any atom is -0.502 e. The van der Waals surface area contributed by atoms with Gasteiger partial charge >= 0.3 is 5.97 Å². The van der Waals surface area contributed by atoms with Crippen LogP contribution in [0.3, 0.4) is 0 Å². The predicted octanol–water partition coefficient (Wildman–Crippen LogP) is 7.33. The van der Waals surface area contributed by atoms with Crippen molar-refractivity contribution in [3.8, 4) is 0 Å². The fourth-order valence-electron chi connectivity index (χ4n) is 2.96. The first-order valence-electron chi connectivity index (χ1n) is 10.5. The molecule has 146 valence electrons. The van der Waals surface area contributed by atoms with Crippen molar-refractivity contribution in [3.63, 3.8) is 0 Å². The summed E-state index contributed by atoms with van der Waals surface area (Å²) in [6.45, 7) is 2.27. The minimum absolute atomic E-state index is 0.604. The Labute approximate surface area is 155 Å². The second-order valence-corrected chi connectivity index (χ2v) is 7.02. The van der Waals surface area contributed by atoms with E-state index in [1.54, 1.807) is 6.08 Å². The van der Waals surface area contributed by atoms with Crippen molar-refractivity contribution in [2.24, 2.45) is 0 Å². The molecule has 0 spiro atoms. The maximum Gasteiger partial charge on any atom is 0.370 e. The van der Waals surface area contributed by atoms with Gasteiger partial charge in [0.05, 0.1) is 0 Å². The van der Waals surface area contributed by atoms with Gasteiger partial charge in [0.15, 0.2) is 0 Å². The number of carboxylic acids is 1. The second kappa shape index (κ2) is 19.1. The van der Waals surface area contributed by atoms with E-state index in [1.807, 2.05) is 6.08 Å². The molecule has 3 heteroatoms. The molecule has 25 heavy (non-hydrogen) atoms. The summed E-state index contributed by atoms with van der Waals surface area (Å²) in [5.74, 6) is -1.88. The highest BCUT2D eigenvalue weighted by Gasteiger charge is 1.99. The molecule has 0 bridgehead atoms. The van der Waals surface area contributed by atoms with Crippen LogP contribution in [0.1, 0.15) is 110 Å². The first-order valence-corrected chi connectivity index (χ1v) is 10.5. The van der Waals surface area contributed by atoms with Gasteiger partial charge in [-0.25, -0.2) is 4.79 Å². The van der Waals surface area contributed by atoms with E-state index in [1.165, 1.54) is 96.0 Å². The number of aliphatic hydroxyl groups is 1. The molecule has 0 aromatic carbocycles. The number of carboxylic acid groups (broad SMARTS) is 1. The molecule has 3 nitrogen and oxygen atoms in total. The van der Waals surface area contributed by atoms with E-state index >= 15 is 0 Å². The van der Waals surface area contributed by atoms with Crippen molar-refractivity contribution in [2.45, 2.75) is 110 Å². The number of hydrogen-bond acceptors (Lipinski definition) is 2. The number of unbranched alkanes of at least 4 members (excludes halogenated alkanes) is 15. The SMILES string of the molecule is CCCCCCCCCCCCCCCCC/C=C/C=C(\O)C(=O)O. The maximum atomic E-state index is 10.4. The van der Waals surface area contributed by atoms with Crippen molar-refractivity contribution in [3.05, 3.63) is 24.0 Å². The van der Waals surface area contributed by atoms with Crippen LogP contribution in [0.2, 0.25) is 0 Å². The largest absolute Gasteiger partial charge is 0.502 e. The fourth-order valence-corrected chi connectivity index (χ4v) is 2.96. The fraction of sp³-hybridized carbons (Fsp3) is 0.773. The summed E-state index contributed by atoms with van der Waals surface area (Å²) in [7, 11) is 0. The Hall–Kier alpha value is -1.25. The molecule has 0 rings (SSSR count). The molecule has 0 aromatic rings. The molecule has 0 amide bonds. The Morgan fingerprint density at radius 2 is 1.08 bits per heavy atom. The summed E-state index contributed by atoms with van der Waals surface area (Å²) in [4.78, 5) is 10.4. The minimum atomic E-state index is -1.28. The van der Waals surface area contributed by atoms with Gasteiger partial charge in [-0.05, 0) is 18.9 Å². The molecule has 0 aliphatic rings. The van der Waals surface area contributed by atoms with Crippen molar-refractivity contribution in [1.82, 2.24) is 0 Å². The van der Waals surface area contributed by atoms with Crippen LogP contribution >= 0.6 is 0 Å². The third kappa shape index (κ3) is 18.9. The number of carbonyl (C=O) groups is 1. The summed E-state index contributed by atoms with van der Waals surface area (Å²) >= 11 is 0. The average Bonchev–Trinajstić information content (AvgIpc) is 2.60. The van der Waals surface area contributed by atoms with E-state index in [-0.39, 0.29) is 0 Å². The van der Waals surface area contributed by atoms with Crippen molar-refractivity contribution in [1.29, 1.82) is 0 Å². The molecule has 0 saturated carbocycles. The Morgan fingerprint density at radius 3 is 1.48 bits per heavy atom. The normalized spacial score (nSPS) is 12.1. The highest BCUT2D eigenvalue weighted by atomic mass is 16.4. The van der Waals surface area contributed by atoms with Crippen molar-refractivity contribution >= 4 is 5.97 Å². The van der Waals surface area contributed by atoms with E-state index in [2.05, 4.69) is 6.92 Å². The topological polar surface area (TPSA) is 57.5 Å². The van der Waals surface area contributed by atoms with Crippen molar-refractivity contribution < 1.29 is 15.0 Å². The molecule has 0 unspecified atom stereocenters. The van der Waals surface area contributed by atoms with Crippen LogP contribution in [0.4, 0.5) is 0 Å². The summed E-state index contributed by atoms with van der Waals surface area (Å²) in [5, 5.41) is 17.4. The number of aliphatic carboxylic acids is 1. The van der Waals surface area contributed by atoms with Gasteiger partial charge in [0.2, 0.25) is 5.76 Å². The zero-order chi connectivity index (χ0) is 18.6. The monoisotopic (exact) mass is 352 g/mol. The van der Waals surface area contributed by atoms with Gasteiger partial charge in [-0.2, -0.15) is 0 Å². The van der Waals surface area contributed by atoms with Crippen LogP contribution < -0.4 is 0 Å². The molecule has 0 heterocycles. The van der Waals surface area contributed by atoms with Gasteiger partial charge in [-0.3, -0.25) is 0 Å². The first-order chi connectivity index (χ1) is 12.2. The molecular weight excluding hydrogens is 312 g/mol.